The van der Waals surface area contributed by atoms with Crippen molar-refractivity contribution in [1.82, 2.24) is 5.32 Å². The molecule has 0 fully saturated rings. The molecule has 0 unspecified atom stereocenters. The first-order chi connectivity index (χ1) is 14.4. The van der Waals surface area contributed by atoms with Crippen molar-refractivity contribution in [3.8, 4) is 0 Å². The number of nitrogens with one attached hydrogen (secondary N) is 2. The molecular weight excluding hydrogens is 397 g/mol. The van der Waals surface area contributed by atoms with E-state index in [4.69, 9.17) is 9.15 Å². The summed E-state index contributed by atoms with van der Waals surface area (Å²) < 4.78 is 24.0. The van der Waals surface area contributed by atoms with Crippen molar-refractivity contribution in [3.05, 3.63) is 69.7 Å². The molecule has 2 aromatic carbocycles. The van der Waals surface area contributed by atoms with Gasteiger partial charge in [0.05, 0.1) is 4.92 Å². The highest BCUT2D eigenvalue weighted by molar-refractivity contribution is 5.96. The number of fused-ring (bicyclic) bond motifs is 1. The molecule has 0 aliphatic rings. The highest BCUT2D eigenvalue weighted by Gasteiger charge is 2.21. The molecule has 0 spiro atoms. The van der Waals surface area contributed by atoms with Gasteiger partial charge in [0.2, 0.25) is 5.76 Å². The van der Waals surface area contributed by atoms with Gasteiger partial charge in [0.15, 0.2) is 18.0 Å². The standard InChI is InChI=1S/C20H18FN3O6/c1-12-15-3-2-4-16(21)19(15)30-18(12)20(26)29-11-17(25)23-10-9-22-13-5-7-14(8-6-13)24(27)28/h2-8,22H,9-11H2,1H3,(H,23,25). The molecular formula is C20H18FN3O6. The van der Waals surface area contributed by atoms with E-state index >= 15 is 0 Å². The van der Waals surface area contributed by atoms with Gasteiger partial charge in [-0.2, -0.15) is 0 Å². The summed E-state index contributed by atoms with van der Waals surface area (Å²) in [7, 11) is 0. The van der Waals surface area contributed by atoms with Crippen LogP contribution < -0.4 is 10.6 Å². The van der Waals surface area contributed by atoms with Gasteiger partial charge in [-0.3, -0.25) is 14.9 Å². The first-order valence-corrected chi connectivity index (χ1v) is 8.96. The summed E-state index contributed by atoms with van der Waals surface area (Å²) >= 11 is 0. The molecule has 1 aromatic heterocycles. The van der Waals surface area contributed by atoms with Crippen molar-refractivity contribution >= 4 is 34.2 Å². The first-order valence-electron chi connectivity index (χ1n) is 8.96. The molecule has 1 heterocycles. The Morgan fingerprint density at radius 3 is 2.57 bits per heavy atom. The Hall–Kier alpha value is -3.95. The SMILES string of the molecule is Cc1c(C(=O)OCC(=O)NCCNc2ccc([N+](=O)[O-])cc2)oc2c(F)cccc12. The number of hydrogen-bond acceptors (Lipinski definition) is 7. The fourth-order valence-corrected chi connectivity index (χ4v) is 2.76. The van der Waals surface area contributed by atoms with Gasteiger partial charge in [-0.05, 0) is 25.1 Å². The normalized spacial score (nSPS) is 10.6. The summed E-state index contributed by atoms with van der Waals surface area (Å²) in [5, 5.41) is 16.6. The van der Waals surface area contributed by atoms with Crippen LogP contribution in [0.3, 0.4) is 0 Å². The second-order valence-corrected chi connectivity index (χ2v) is 6.33. The molecule has 0 aliphatic heterocycles. The van der Waals surface area contributed by atoms with Gasteiger partial charge in [0.1, 0.15) is 0 Å². The van der Waals surface area contributed by atoms with E-state index in [1.54, 1.807) is 25.1 Å². The Labute approximate surface area is 170 Å². The zero-order valence-corrected chi connectivity index (χ0v) is 15.9. The van der Waals surface area contributed by atoms with Crippen LogP contribution >= 0.6 is 0 Å². The number of furan rings is 1. The Bertz CT molecular complexity index is 1090. The quantitative estimate of drug-likeness (QED) is 0.251. The largest absolute Gasteiger partial charge is 0.450 e. The number of carbonyl (C=O) groups excluding carboxylic acids is 2. The molecule has 3 aromatic rings. The third-order valence-electron chi connectivity index (χ3n) is 4.29. The van der Waals surface area contributed by atoms with Crippen LogP contribution in [-0.2, 0) is 9.53 Å². The number of ether oxygens (including phenoxy) is 1. The van der Waals surface area contributed by atoms with E-state index in [2.05, 4.69) is 10.6 Å². The number of aryl methyl sites for hydroxylation is 1. The first kappa shape index (κ1) is 20.8. The number of para-hydroxylation sites is 1. The molecule has 0 atom stereocenters. The van der Waals surface area contributed by atoms with E-state index in [0.29, 0.717) is 23.2 Å². The van der Waals surface area contributed by atoms with E-state index in [9.17, 15) is 24.1 Å². The number of carbonyl (C=O) groups is 2. The highest BCUT2D eigenvalue weighted by atomic mass is 19.1. The fraction of sp³-hybridized carbons (Fsp3) is 0.200. The van der Waals surface area contributed by atoms with Crippen LogP contribution in [0.5, 0.6) is 0 Å². The summed E-state index contributed by atoms with van der Waals surface area (Å²) in [5.41, 5.74) is 1.04. The smallest absolute Gasteiger partial charge is 0.375 e. The zero-order valence-electron chi connectivity index (χ0n) is 15.9. The molecule has 1 amide bonds. The van der Waals surface area contributed by atoms with Crippen molar-refractivity contribution in [2.24, 2.45) is 0 Å². The lowest BCUT2D eigenvalue weighted by atomic mass is 10.1. The number of hydrogen-bond donors (Lipinski definition) is 2. The number of amides is 1. The molecule has 2 N–H and O–H groups in total. The van der Waals surface area contributed by atoms with Gasteiger partial charge in [-0.25, -0.2) is 9.18 Å². The Balaban J connectivity index is 1.43. The summed E-state index contributed by atoms with van der Waals surface area (Å²) in [5.74, 6) is -2.12. The van der Waals surface area contributed by atoms with Crippen LogP contribution in [0.25, 0.3) is 11.0 Å². The van der Waals surface area contributed by atoms with Crippen molar-refractivity contribution < 1.29 is 28.1 Å². The number of rotatable bonds is 8. The van der Waals surface area contributed by atoms with E-state index in [-0.39, 0.29) is 23.6 Å². The maximum atomic E-state index is 13.8. The summed E-state index contributed by atoms with van der Waals surface area (Å²) in [4.78, 5) is 34.1. The molecule has 3 rings (SSSR count). The lowest BCUT2D eigenvalue weighted by Crippen LogP contribution is -2.32. The molecule has 156 valence electrons. The second kappa shape index (κ2) is 9.03. The van der Waals surface area contributed by atoms with Crippen LogP contribution in [0, 0.1) is 22.9 Å². The minimum atomic E-state index is -0.859. The van der Waals surface area contributed by atoms with Crippen molar-refractivity contribution in [2.45, 2.75) is 6.92 Å². The van der Waals surface area contributed by atoms with Crippen LogP contribution in [-0.4, -0.2) is 36.5 Å². The van der Waals surface area contributed by atoms with E-state index in [0.717, 1.165) is 0 Å². The van der Waals surface area contributed by atoms with Gasteiger partial charge >= 0.3 is 5.97 Å². The predicted octanol–water partition coefficient (Wildman–Crippen LogP) is 3.17. The summed E-state index contributed by atoms with van der Waals surface area (Å²) in [6, 6.07) is 10.2. The van der Waals surface area contributed by atoms with Gasteiger partial charge in [0, 0.05) is 41.9 Å². The van der Waals surface area contributed by atoms with Crippen LogP contribution in [0.1, 0.15) is 16.1 Å². The van der Waals surface area contributed by atoms with Crippen molar-refractivity contribution in [1.29, 1.82) is 0 Å². The number of non-ortho nitro benzene ring substituents is 1. The number of anilines is 1. The van der Waals surface area contributed by atoms with Crippen molar-refractivity contribution in [2.75, 3.05) is 25.0 Å². The summed E-state index contributed by atoms with van der Waals surface area (Å²) in [6.45, 7) is 1.68. The number of nitro benzene ring substituents is 1. The molecule has 0 saturated heterocycles. The Morgan fingerprint density at radius 1 is 1.17 bits per heavy atom. The molecule has 9 nitrogen and oxygen atoms in total. The maximum absolute atomic E-state index is 13.8. The van der Waals surface area contributed by atoms with Crippen molar-refractivity contribution in [3.63, 3.8) is 0 Å². The average molecular weight is 415 g/mol. The van der Waals surface area contributed by atoms with Gasteiger partial charge in [-0.15, -0.1) is 0 Å². The van der Waals surface area contributed by atoms with Gasteiger partial charge < -0.3 is 19.8 Å². The minimum absolute atomic E-state index is 0.0157. The van der Waals surface area contributed by atoms with E-state index in [1.165, 1.54) is 24.3 Å². The number of nitrogens with zero attached hydrogens (tertiary/aromatic N) is 1. The fourth-order valence-electron chi connectivity index (χ4n) is 2.76. The predicted molar refractivity (Wildman–Crippen MR) is 106 cm³/mol. The third kappa shape index (κ3) is 4.72. The van der Waals surface area contributed by atoms with Gasteiger partial charge in [-0.1, -0.05) is 12.1 Å². The van der Waals surface area contributed by atoms with Gasteiger partial charge in [0.25, 0.3) is 11.6 Å². The molecule has 0 aliphatic carbocycles. The van der Waals surface area contributed by atoms with E-state index in [1.807, 2.05) is 0 Å². The van der Waals surface area contributed by atoms with E-state index < -0.39 is 29.2 Å². The molecule has 30 heavy (non-hydrogen) atoms. The highest BCUT2D eigenvalue weighted by Crippen LogP contribution is 2.27. The zero-order chi connectivity index (χ0) is 21.7. The van der Waals surface area contributed by atoms with Crippen LogP contribution in [0.2, 0.25) is 0 Å². The molecule has 0 bridgehead atoms. The monoisotopic (exact) mass is 415 g/mol. The van der Waals surface area contributed by atoms with Crippen LogP contribution in [0.15, 0.2) is 46.9 Å². The summed E-state index contributed by atoms with van der Waals surface area (Å²) in [6.07, 6.45) is 0. The lowest BCUT2D eigenvalue weighted by Gasteiger charge is -2.08. The topological polar surface area (TPSA) is 124 Å². The maximum Gasteiger partial charge on any atom is 0.375 e. The Morgan fingerprint density at radius 2 is 1.90 bits per heavy atom. The second-order valence-electron chi connectivity index (χ2n) is 6.33. The number of nitro groups is 1. The molecule has 0 radical (unpaired) electrons. The average Bonchev–Trinajstić information content (AvgIpc) is 3.08. The number of benzene rings is 2. The minimum Gasteiger partial charge on any atom is -0.450 e. The van der Waals surface area contributed by atoms with Crippen LogP contribution in [0.4, 0.5) is 15.8 Å². The number of esters is 1. The molecule has 0 saturated carbocycles. The third-order valence-corrected chi connectivity index (χ3v) is 4.29. The lowest BCUT2D eigenvalue weighted by molar-refractivity contribution is -0.384. The number of halogens is 1. The Kier molecular flexibility index (Phi) is 6.26. The molecule has 10 heteroatoms.